The highest BCUT2D eigenvalue weighted by molar-refractivity contribution is 7.20. The number of carbonyl (C=O) groups excluding carboxylic acids is 2. The molecule has 0 saturated carbocycles. The Morgan fingerprint density at radius 3 is 2.69 bits per heavy atom. The fraction of sp³-hybridized carbons (Fsp3) is 0.300. The highest BCUT2D eigenvalue weighted by Crippen LogP contribution is 2.28. The summed E-state index contributed by atoms with van der Waals surface area (Å²) in [5.74, 6) is -1.09. The maximum atomic E-state index is 13.0. The summed E-state index contributed by atoms with van der Waals surface area (Å²) in [7, 11) is 0. The summed E-state index contributed by atoms with van der Waals surface area (Å²) in [6.07, 6.45) is 1.29. The molecule has 0 aliphatic heterocycles. The third-order valence-corrected chi connectivity index (χ3v) is 5.97. The average Bonchev–Trinajstić information content (AvgIpc) is 3.04. The molecule has 3 rings (SSSR count). The first-order valence-corrected chi connectivity index (χ1v) is 10.1. The van der Waals surface area contributed by atoms with E-state index in [9.17, 15) is 14.4 Å². The van der Waals surface area contributed by atoms with Crippen LogP contribution in [0.5, 0.6) is 0 Å². The number of benzene rings is 1. The zero-order valence-electron chi connectivity index (χ0n) is 16.1. The van der Waals surface area contributed by atoms with Gasteiger partial charge < -0.3 is 9.47 Å². The second-order valence-electron chi connectivity index (χ2n) is 6.29. The van der Waals surface area contributed by atoms with Crippen LogP contribution in [0, 0.1) is 6.92 Å². The molecule has 1 atom stereocenters. The number of nitrogens with zero attached hydrogens (tertiary/aromatic N) is 2. The van der Waals surface area contributed by atoms with Gasteiger partial charge in [-0.1, -0.05) is 29.8 Å². The summed E-state index contributed by atoms with van der Waals surface area (Å²) >= 11 is 7.16. The minimum absolute atomic E-state index is 0.00223. The van der Waals surface area contributed by atoms with Crippen LogP contribution in [0.1, 0.15) is 40.7 Å². The fourth-order valence-electron chi connectivity index (χ4n) is 2.80. The van der Waals surface area contributed by atoms with Gasteiger partial charge >= 0.3 is 11.9 Å². The van der Waals surface area contributed by atoms with E-state index in [4.69, 9.17) is 21.1 Å². The van der Waals surface area contributed by atoms with E-state index >= 15 is 0 Å². The van der Waals surface area contributed by atoms with E-state index in [0.717, 1.165) is 11.3 Å². The molecular formula is C20H19ClN2O5S. The van der Waals surface area contributed by atoms with Crippen molar-refractivity contribution in [2.45, 2.75) is 33.4 Å². The minimum Gasteiger partial charge on any atom is -0.462 e. The molecule has 0 amide bonds. The molecule has 0 fully saturated rings. The Morgan fingerprint density at radius 1 is 1.28 bits per heavy atom. The van der Waals surface area contributed by atoms with Crippen molar-refractivity contribution in [3.05, 3.63) is 62.0 Å². The van der Waals surface area contributed by atoms with E-state index in [1.54, 1.807) is 45.0 Å². The van der Waals surface area contributed by atoms with Gasteiger partial charge in [-0.05, 0) is 32.4 Å². The molecule has 0 aliphatic carbocycles. The third kappa shape index (κ3) is 4.18. The van der Waals surface area contributed by atoms with Gasteiger partial charge in [-0.15, -0.1) is 11.3 Å². The van der Waals surface area contributed by atoms with E-state index in [-0.39, 0.29) is 13.2 Å². The van der Waals surface area contributed by atoms with Gasteiger partial charge in [-0.2, -0.15) is 0 Å². The number of ether oxygens (including phenoxy) is 2. The smallest absolute Gasteiger partial charge is 0.348 e. The van der Waals surface area contributed by atoms with Crippen molar-refractivity contribution in [3.8, 4) is 0 Å². The van der Waals surface area contributed by atoms with Crippen LogP contribution >= 0.6 is 22.9 Å². The largest absolute Gasteiger partial charge is 0.462 e. The number of aryl methyl sites for hydroxylation is 1. The van der Waals surface area contributed by atoms with Crippen LogP contribution in [0.3, 0.4) is 0 Å². The highest BCUT2D eigenvalue weighted by Gasteiger charge is 2.24. The normalized spacial score (nSPS) is 12.0. The molecule has 9 heteroatoms. The number of halogens is 1. The van der Waals surface area contributed by atoms with Crippen molar-refractivity contribution in [1.29, 1.82) is 0 Å². The second kappa shape index (κ2) is 8.75. The Morgan fingerprint density at radius 2 is 2.00 bits per heavy atom. The summed E-state index contributed by atoms with van der Waals surface area (Å²) in [6.45, 7) is 5.16. The number of hydrogen-bond donors (Lipinski definition) is 0. The molecule has 0 saturated heterocycles. The average molecular weight is 435 g/mol. The predicted molar refractivity (Wildman–Crippen MR) is 111 cm³/mol. The monoisotopic (exact) mass is 434 g/mol. The Hall–Kier alpha value is -2.71. The minimum atomic E-state index is -0.896. The lowest BCUT2D eigenvalue weighted by atomic mass is 10.2. The van der Waals surface area contributed by atoms with E-state index in [0.29, 0.717) is 31.2 Å². The fourth-order valence-corrected chi connectivity index (χ4v) is 4.03. The van der Waals surface area contributed by atoms with E-state index in [1.165, 1.54) is 10.9 Å². The number of esters is 2. The van der Waals surface area contributed by atoms with E-state index in [2.05, 4.69) is 4.98 Å². The van der Waals surface area contributed by atoms with Crippen molar-refractivity contribution < 1.29 is 19.1 Å². The number of fused-ring (bicyclic) bond motifs is 1. The first kappa shape index (κ1) is 21.0. The van der Waals surface area contributed by atoms with Gasteiger partial charge in [0.1, 0.15) is 22.4 Å². The quantitative estimate of drug-likeness (QED) is 0.547. The van der Waals surface area contributed by atoms with Gasteiger partial charge in [0.15, 0.2) is 0 Å². The highest BCUT2D eigenvalue weighted by atomic mass is 35.5. The van der Waals surface area contributed by atoms with Crippen LogP contribution in [0.15, 0.2) is 35.4 Å². The van der Waals surface area contributed by atoms with Crippen LogP contribution in [-0.4, -0.2) is 28.1 Å². The Kier molecular flexibility index (Phi) is 6.34. The third-order valence-electron chi connectivity index (χ3n) is 4.42. The Bertz CT molecular complexity index is 1140. The molecule has 0 N–H and O–H groups in total. The molecule has 0 unspecified atom stereocenters. The van der Waals surface area contributed by atoms with Crippen LogP contribution in [0.4, 0.5) is 0 Å². The maximum Gasteiger partial charge on any atom is 0.348 e. The number of carbonyl (C=O) groups is 2. The van der Waals surface area contributed by atoms with Crippen LogP contribution in [0.25, 0.3) is 10.2 Å². The molecular weight excluding hydrogens is 416 g/mol. The first-order valence-electron chi connectivity index (χ1n) is 8.92. The lowest BCUT2D eigenvalue weighted by molar-refractivity contribution is -0.148. The lowest BCUT2D eigenvalue weighted by Gasteiger charge is -2.14. The maximum absolute atomic E-state index is 13.0. The van der Waals surface area contributed by atoms with Gasteiger partial charge in [-0.25, -0.2) is 14.6 Å². The summed E-state index contributed by atoms with van der Waals surface area (Å²) < 4.78 is 11.5. The number of thiophene rings is 1. The lowest BCUT2D eigenvalue weighted by Crippen LogP contribution is -2.29. The molecule has 0 bridgehead atoms. The summed E-state index contributed by atoms with van der Waals surface area (Å²) in [6, 6.07) is 6.14. The molecule has 0 radical (unpaired) electrons. The van der Waals surface area contributed by atoms with Gasteiger partial charge in [0.25, 0.3) is 5.56 Å². The molecule has 2 heterocycles. The Balaban J connectivity index is 1.87. The Labute approximate surface area is 175 Å². The number of hydrogen-bond acceptors (Lipinski definition) is 7. The van der Waals surface area contributed by atoms with Crippen LogP contribution in [-0.2, 0) is 20.9 Å². The zero-order chi connectivity index (χ0) is 21.1. The number of aromatic nitrogens is 2. The molecule has 152 valence electrons. The van der Waals surface area contributed by atoms with E-state index < -0.39 is 23.5 Å². The van der Waals surface area contributed by atoms with Gasteiger partial charge in [0, 0.05) is 10.6 Å². The molecule has 29 heavy (non-hydrogen) atoms. The zero-order valence-corrected chi connectivity index (χ0v) is 17.7. The number of rotatable bonds is 6. The van der Waals surface area contributed by atoms with Crippen molar-refractivity contribution in [1.82, 2.24) is 9.55 Å². The molecule has 0 spiro atoms. The second-order valence-corrected chi connectivity index (χ2v) is 7.70. The standard InChI is InChI=1S/C20H19ClN2O5S/c1-4-27-20(26)16-11(2)15-17(29-16)22-10-23(18(15)24)12(3)19(25)28-9-13-7-5-6-8-14(13)21/h5-8,10,12H,4,9H2,1-3H3/t12-/m0/s1. The van der Waals surface area contributed by atoms with Crippen molar-refractivity contribution in [2.24, 2.45) is 0 Å². The summed E-state index contributed by atoms with van der Waals surface area (Å²) in [5, 5.41) is 0.792. The van der Waals surface area contributed by atoms with Crippen molar-refractivity contribution in [2.75, 3.05) is 6.61 Å². The van der Waals surface area contributed by atoms with Gasteiger partial charge in [0.2, 0.25) is 0 Å². The van der Waals surface area contributed by atoms with Crippen molar-refractivity contribution in [3.63, 3.8) is 0 Å². The topological polar surface area (TPSA) is 87.5 Å². The molecule has 2 aromatic heterocycles. The molecule has 7 nitrogen and oxygen atoms in total. The molecule has 3 aromatic rings. The van der Waals surface area contributed by atoms with E-state index in [1.807, 2.05) is 0 Å². The predicted octanol–water partition coefficient (Wildman–Crippen LogP) is 3.90. The molecule has 0 aliphatic rings. The molecule has 1 aromatic carbocycles. The van der Waals surface area contributed by atoms with Crippen molar-refractivity contribution >= 4 is 45.1 Å². The first-order chi connectivity index (χ1) is 13.8. The van der Waals surface area contributed by atoms with Crippen LogP contribution < -0.4 is 5.56 Å². The summed E-state index contributed by atoms with van der Waals surface area (Å²) in [4.78, 5) is 42.5. The SMILES string of the molecule is CCOC(=O)c1sc2ncn([C@@H](C)C(=O)OCc3ccccc3Cl)c(=O)c2c1C. The van der Waals surface area contributed by atoms with Crippen LogP contribution in [0.2, 0.25) is 5.02 Å². The van der Waals surface area contributed by atoms with Gasteiger partial charge in [-0.3, -0.25) is 9.36 Å². The van der Waals surface area contributed by atoms with Gasteiger partial charge in [0.05, 0.1) is 18.3 Å². The summed E-state index contributed by atoms with van der Waals surface area (Å²) in [5.41, 5.74) is 0.747.